The lowest BCUT2D eigenvalue weighted by Gasteiger charge is -2.29. The first-order valence-electron chi connectivity index (χ1n) is 22.2. The fourth-order valence-electron chi connectivity index (χ4n) is 8.93. The third kappa shape index (κ3) is 11.1. The molecule has 4 aromatic carbocycles. The average Bonchev–Trinajstić information content (AvgIpc) is 3.82. The summed E-state index contributed by atoms with van der Waals surface area (Å²) < 4.78 is 41.1. The van der Waals surface area contributed by atoms with Gasteiger partial charge in [-0.05, 0) is 30.7 Å². The lowest BCUT2D eigenvalue weighted by molar-refractivity contribution is -0.137. The third-order valence-electron chi connectivity index (χ3n) is 12.5. The standard InChI is InChI=1S/C25H27FN4O4.C23H25FN4O5/c26-23-16(3-1-4-17(23)14-29-9-11-34-12-10-29)13-27-20-6-2-5-18-19(20)15-30(25(18)33)21-7-8-22(31)28-24(21)32;24-21-15(3-1-4-16(21)12-27-7-9-33-10-8-27)11-25-19-6-2-5-17-18(19)13-28(22(17)30)14-20(29)26-23(31)32/h1-6,21,27H,7-15H2,(H,28,31,32);1-6,25H,7-14H2,(H,26,29)(H,31,32). The predicted octanol–water partition coefficient (Wildman–Crippen LogP) is 4.05. The molecular weight excluding hydrogens is 871 g/mol. The molecule has 4 aromatic rings. The molecule has 1 atom stereocenters. The lowest BCUT2D eigenvalue weighted by Crippen LogP contribution is -2.52. The minimum Gasteiger partial charge on any atom is -0.465 e. The first-order chi connectivity index (χ1) is 32.4. The van der Waals surface area contributed by atoms with Crippen LogP contribution in [0.25, 0.3) is 0 Å². The van der Waals surface area contributed by atoms with E-state index in [1.54, 1.807) is 53.8 Å². The number of imide groups is 2. The molecule has 3 saturated heterocycles. The highest BCUT2D eigenvalue weighted by atomic mass is 19.1. The van der Waals surface area contributed by atoms with Crippen molar-refractivity contribution in [2.24, 2.45) is 0 Å². The van der Waals surface area contributed by atoms with Crippen LogP contribution < -0.4 is 21.3 Å². The van der Waals surface area contributed by atoms with Gasteiger partial charge < -0.3 is 35.0 Å². The number of carboxylic acid groups (broad SMARTS) is 1. The molecule has 19 heteroatoms. The van der Waals surface area contributed by atoms with Crippen molar-refractivity contribution >= 4 is 47.0 Å². The summed E-state index contributed by atoms with van der Waals surface area (Å²) in [6.45, 7) is 7.36. The third-order valence-corrected chi connectivity index (χ3v) is 12.5. The van der Waals surface area contributed by atoms with Crippen LogP contribution in [0.15, 0.2) is 72.8 Å². The maximum absolute atomic E-state index is 15.2. The maximum Gasteiger partial charge on any atom is 0.411 e. The Labute approximate surface area is 385 Å². The summed E-state index contributed by atoms with van der Waals surface area (Å²) in [6.07, 6.45) is -0.944. The number of rotatable bonds is 13. The molecule has 6 amide bonds. The van der Waals surface area contributed by atoms with Crippen LogP contribution in [0, 0.1) is 11.6 Å². The number of hydrogen-bond donors (Lipinski definition) is 5. The van der Waals surface area contributed by atoms with Crippen molar-refractivity contribution in [1.82, 2.24) is 30.2 Å². The first kappa shape index (κ1) is 46.7. The van der Waals surface area contributed by atoms with E-state index in [9.17, 15) is 28.8 Å². The largest absolute Gasteiger partial charge is 0.465 e. The van der Waals surface area contributed by atoms with Gasteiger partial charge in [-0.1, -0.05) is 48.5 Å². The predicted molar refractivity (Wildman–Crippen MR) is 239 cm³/mol. The second-order valence-electron chi connectivity index (χ2n) is 16.8. The molecule has 0 radical (unpaired) electrons. The van der Waals surface area contributed by atoms with Crippen molar-refractivity contribution in [2.75, 3.05) is 69.8 Å². The molecule has 0 aliphatic carbocycles. The summed E-state index contributed by atoms with van der Waals surface area (Å²) in [5, 5.41) is 19.2. The van der Waals surface area contributed by atoms with E-state index in [1.165, 1.54) is 9.80 Å². The maximum atomic E-state index is 15.2. The number of piperidine rings is 1. The zero-order valence-corrected chi connectivity index (χ0v) is 36.8. The quantitative estimate of drug-likeness (QED) is 0.120. The van der Waals surface area contributed by atoms with Crippen LogP contribution in [0.4, 0.5) is 25.0 Å². The van der Waals surface area contributed by atoms with E-state index in [-0.39, 0.29) is 68.5 Å². The number of nitrogens with one attached hydrogen (secondary N) is 4. The summed E-state index contributed by atoms with van der Waals surface area (Å²) in [5.74, 6) is -2.60. The van der Waals surface area contributed by atoms with Gasteiger partial charge in [0.2, 0.25) is 17.7 Å². The van der Waals surface area contributed by atoms with Crippen molar-refractivity contribution in [3.63, 3.8) is 0 Å². The molecule has 5 aliphatic heterocycles. The van der Waals surface area contributed by atoms with Gasteiger partial charge in [-0.25, -0.2) is 13.6 Å². The summed E-state index contributed by atoms with van der Waals surface area (Å²) in [5.41, 5.74) is 6.17. The van der Waals surface area contributed by atoms with Crippen molar-refractivity contribution in [3.8, 4) is 0 Å². The van der Waals surface area contributed by atoms with Gasteiger partial charge in [0.25, 0.3) is 11.8 Å². The van der Waals surface area contributed by atoms with Crippen molar-refractivity contribution < 1.29 is 52.1 Å². The Bertz CT molecular complexity index is 2550. The second-order valence-corrected chi connectivity index (χ2v) is 16.8. The summed E-state index contributed by atoms with van der Waals surface area (Å²) in [7, 11) is 0. The van der Waals surface area contributed by atoms with Crippen LogP contribution in [0.2, 0.25) is 0 Å². The Hall–Kier alpha value is -6.80. The SMILES string of the molecule is O=C(O)NC(=O)CN1Cc2c(NCc3cccc(CN4CCOCC4)c3F)cccc2C1=O.O=C1CCC(N2Cc3c(NCc4cccc(CN5CCOCC5)c4F)cccc3C2=O)C(=O)N1. The van der Waals surface area contributed by atoms with E-state index in [0.29, 0.717) is 90.6 Å². The molecule has 0 aromatic heterocycles. The Morgan fingerprint density at radius 3 is 1.69 bits per heavy atom. The summed E-state index contributed by atoms with van der Waals surface area (Å²) in [4.78, 5) is 78.9. The molecule has 1 unspecified atom stereocenters. The highest BCUT2D eigenvalue weighted by Gasteiger charge is 2.40. The molecule has 67 heavy (non-hydrogen) atoms. The van der Waals surface area contributed by atoms with Gasteiger partial charge in [0, 0.05) is 128 Å². The first-order valence-corrected chi connectivity index (χ1v) is 22.2. The van der Waals surface area contributed by atoms with Gasteiger partial charge in [0.05, 0.1) is 26.4 Å². The zero-order chi connectivity index (χ0) is 47.0. The fourth-order valence-corrected chi connectivity index (χ4v) is 8.93. The van der Waals surface area contributed by atoms with E-state index < -0.39 is 23.9 Å². The Balaban J connectivity index is 0.000000182. The van der Waals surface area contributed by atoms with Crippen LogP contribution in [-0.2, 0) is 63.1 Å². The number of halogens is 2. The van der Waals surface area contributed by atoms with Crippen LogP contribution >= 0.6 is 0 Å². The summed E-state index contributed by atoms with van der Waals surface area (Å²) in [6, 6.07) is 20.6. The molecule has 0 spiro atoms. The molecule has 0 bridgehead atoms. The van der Waals surface area contributed by atoms with E-state index in [4.69, 9.17) is 14.6 Å². The van der Waals surface area contributed by atoms with Gasteiger partial charge in [-0.2, -0.15) is 0 Å². The van der Waals surface area contributed by atoms with E-state index in [0.717, 1.165) is 37.4 Å². The lowest BCUT2D eigenvalue weighted by atomic mass is 10.0. The number of fused-ring (bicyclic) bond motifs is 2. The number of benzene rings is 4. The molecular formula is C48H52F2N8O9. The topological polar surface area (TPSA) is 202 Å². The molecule has 352 valence electrons. The van der Waals surface area contributed by atoms with Crippen LogP contribution in [0.1, 0.15) is 66.9 Å². The number of morpholine rings is 2. The van der Waals surface area contributed by atoms with Crippen LogP contribution in [-0.4, -0.2) is 126 Å². The van der Waals surface area contributed by atoms with Gasteiger partial charge in [0.15, 0.2) is 0 Å². The van der Waals surface area contributed by atoms with Crippen molar-refractivity contribution in [2.45, 2.75) is 58.2 Å². The van der Waals surface area contributed by atoms with E-state index >= 15 is 8.78 Å². The number of amides is 6. The number of anilines is 2. The Morgan fingerprint density at radius 1 is 0.672 bits per heavy atom. The van der Waals surface area contributed by atoms with Crippen LogP contribution in [0.3, 0.4) is 0 Å². The Morgan fingerprint density at radius 2 is 1.16 bits per heavy atom. The summed E-state index contributed by atoms with van der Waals surface area (Å²) >= 11 is 0. The number of nitrogens with zero attached hydrogens (tertiary/aromatic N) is 4. The van der Waals surface area contributed by atoms with Crippen molar-refractivity contribution in [3.05, 3.63) is 129 Å². The van der Waals surface area contributed by atoms with E-state index in [1.807, 2.05) is 24.3 Å². The molecule has 9 rings (SSSR count). The van der Waals surface area contributed by atoms with Gasteiger partial charge in [-0.3, -0.25) is 44.4 Å². The van der Waals surface area contributed by atoms with Gasteiger partial charge >= 0.3 is 6.09 Å². The number of ether oxygens (including phenoxy) is 2. The number of carbonyl (C=O) groups excluding carboxylic acids is 5. The smallest absolute Gasteiger partial charge is 0.411 e. The second kappa shape index (κ2) is 21.2. The molecule has 3 fully saturated rings. The van der Waals surface area contributed by atoms with Gasteiger partial charge in [-0.15, -0.1) is 0 Å². The number of hydrogen-bond acceptors (Lipinski definition) is 12. The highest BCUT2D eigenvalue weighted by molar-refractivity contribution is 6.06. The monoisotopic (exact) mass is 922 g/mol. The molecule has 17 nitrogen and oxygen atoms in total. The van der Waals surface area contributed by atoms with E-state index in [2.05, 4.69) is 25.8 Å². The normalized spacial score (nSPS) is 18.4. The molecule has 5 N–H and O–H groups in total. The van der Waals surface area contributed by atoms with Crippen molar-refractivity contribution in [1.29, 1.82) is 0 Å². The fraction of sp³-hybridized carbons (Fsp3) is 0.375. The van der Waals surface area contributed by atoms with Crippen LogP contribution in [0.5, 0.6) is 0 Å². The average molecular weight is 923 g/mol. The molecule has 5 heterocycles. The highest BCUT2D eigenvalue weighted by Crippen LogP contribution is 2.33. The minimum atomic E-state index is -1.47. The number of carbonyl (C=O) groups is 6. The molecule has 0 saturated carbocycles. The zero-order valence-electron chi connectivity index (χ0n) is 36.8. The minimum absolute atomic E-state index is 0.157. The molecule has 5 aliphatic rings. The van der Waals surface area contributed by atoms with Gasteiger partial charge in [0.1, 0.15) is 24.2 Å². The Kier molecular flexibility index (Phi) is 14.8.